The number of nitrogens with zero attached hydrogens (tertiary/aromatic N) is 1. The molecule has 1 heterocycles. The summed E-state index contributed by atoms with van der Waals surface area (Å²) < 4.78 is 5.33. The van der Waals surface area contributed by atoms with E-state index in [9.17, 15) is 0 Å². The molecule has 1 rings (SSSR count). The van der Waals surface area contributed by atoms with Gasteiger partial charge in [-0.3, -0.25) is 4.90 Å². The fourth-order valence-electron chi connectivity index (χ4n) is 1.38. The van der Waals surface area contributed by atoms with Gasteiger partial charge in [-0.15, -0.1) is 0 Å². The minimum absolute atomic E-state index is 0.276. The Labute approximate surface area is 69.5 Å². The van der Waals surface area contributed by atoms with Crippen LogP contribution in [0.2, 0.25) is 0 Å². The Hall–Kier alpha value is -0.0800. The molecule has 1 fully saturated rings. The molecule has 0 aliphatic carbocycles. The highest BCUT2D eigenvalue weighted by Gasteiger charge is 2.27. The van der Waals surface area contributed by atoms with E-state index in [1.807, 2.05) is 0 Å². The van der Waals surface area contributed by atoms with Crippen LogP contribution < -0.4 is 0 Å². The van der Waals surface area contributed by atoms with Crippen LogP contribution in [0.3, 0.4) is 0 Å². The summed E-state index contributed by atoms with van der Waals surface area (Å²) >= 11 is 0. The van der Waals surface area contributed by atoms with Crippen LogP contribution in [-0.2, 0) is 4.74 Å². The van der Waals surface area contributed by atoms with E-state index in [-0.39, 0.29) is 5.54 Å². The lowest BCUT2D eigenvalue weighted by Gasteiger charge is -2.36. The second-order valence-electron chi connectivity index (χ2n) is 4.30. The zero-order valence-electron chi connectivity index (χ0n) is 8.05. The first kappa shape index (κ1) is 9.01. The minimum atomic E-state index is 0.276. The lowest BCUT2D eigenvalue weighted by molar-refractivity contribution is 0.0971. The third kappa shape index (κ3) is 2.17. The predicted molar refractivity (Wildman–Crippen MR) is 46.7 cm³/mol. The summed E-state index contributed by atoms with van der Waals surface area (Å²) in [6, 6.07) is 0.634. The van der Waals surface area contributed by atoms with E-state index in [0.29, 0.717) is 6.04 Å². The summed E-state index contributed by atoms with van der Waals surface area (Å²) in [7, 11) is 2.18. The molecule has 0 unspecified atom stereocenters. The number of hydrogen-bond donors (Lipinski definition) is 0. The molecule has 0 radical (unpaired) electrons. The Morgan fingerprint density at radius 1 is 1.36 bits per heavy atom. The maximum Gasteiger partial charge on any atom is 0.0622 e. The molecule has 11 heavy (non-hydrogen) atoms. The van der Waals surface area contributed by atoms with Crippen molar-refractivity contribution in [1.82, 2.24) is 4.90 Å². The second-order valence-corrected chi connectivity index (χ2v) is 4.30. The maximum absolute atomic E-state index is 5.33. The summed E-state index contributed by atoms with van der Waals surface area (Å²) in [5.74, 6) is 0. The second kappa shape index (κ2) is 3.11. The first-order valence-electron chi connectivity index (χ1n) is 4.32. The van der Waals surface area contributed by atoms with Crippen molar-refractivity contribution in [3.63, 3.8) is 0 Å². The zero-order chi connectivity index (χ0) is 8.48. The minimum Gasteiger partial charge on any atom is -0.380 e. The van der Waals surface area contributed by atoms with Gasteiger partial charge in [0.2, 0.25) is 0 Å². The van der Waals surface area contributed by atoms with Crippen molar-refractivity contribution in [1.29, 1.82) is 0 Å². The quantitative estimate of drug-likeness (QED) is 0.572. The molecule has 2 heteroatoms. The lowest BCUT2D eigenvalue weighted by atomic mass is 10.0. The van der Waals surface area contributed by atoms with Gasteiger partial charge >= 0.3 is 0 Å². The van der Waals surface area contributed by atoms with Crippen LogP contribution in [0.1, 0.15) is 27.2 Å². The molecule has 0 amide bonds. The molecule has 1 saturated heterocycles. The van der Waals surface area contributed by atoms with E-state index >= 15 is 0 Å². The molecular formula is C9H19NO. The molecule has 1 aliphatic heterocycles. The zero-order valence-corrected chi connectivity index (χ0v) is 8.05. The van der Waals surface area contributed by atoms with Gasteiger partial charge in [-0.1, -0.05) is 0 Å². The molecule has 1 aliphatic rings. The molecule has 0 aromatic rings. The third-order valence-corrected chi connectivity index (χ3v) is 2.51. The van der Waals surface area contributed by atoms with Crippen LogP contribution in [0.5, 0.6) is 0 Å². The van der Waals surface area contributed by atoms with E-state index in [4.69, 9.17) is 4.74 Å². The van der Waals surface area contributed by atoms with Gasteiger partial charge in [-0.25, -0.2) is 0 Å². The van der Waals surface area contributed by atoms with Gasteiger partial charge < -0.3 is 4.74 Å². The molecule has 2 nitrogen and oxygen atoms in total. The van der Waals surface area contributed by atoms with Crippen LogP contribution in [0, 0.1) is 0 Å². The van der Waals surface area contributed by atoms with Crippen molar-refractivity contribution in [2.75, 3.05) is 20.3 Å². The smallest absolute Gasteiger partial charge is 0.0622 e. The van der Waals surface area contributed by atoms with Gasteiger partial charge in [0.1, 0.15) is 0 Å². The molecular weight excluding hydrogens is 138 g/mol. The highest BCUT2D eigenvalue weighted by molar-refractivity contribution is 4.82. The molecule has 0 spiro atoms. The first-order chi connectivity index (χ1) is 5.02. The number of likely N-dealkylation sites (N-methyl/N-ethyl adjacent to an activating group) is 1. The van der Waals surface area contributed by atoms with E-state index in [2.05, 4.69) is 32.7 Å². The summed E-state index contributed by atoms with van der Waals surface area (Å²) in [6.45, 7) is 8.57. The molecule has 0 bridgehead atoms. The predicted octanol–water partition coefficient (Wildman–Crippen LogP) is 1.51. The van der Waals surface area contributed by atoms with Crippen molar-refractivity contribution in [3.8, 4) is 0 Å². The highest BCUT2D eigenvalue weighted by atomic mass is 16.5. The van der Waals surface area contributed by atoms with Crippen LogP contribution in [0.25, 0.3) is 0 Å². The van der Waals surface area contributed by atoms with Gasteiger partial charge in [0.15, 0.2) is 0 Å². The van der Waals surface area contributed by atoms with E-state index in [1.54, 1.807) is 0 Å². The van der Waals surface area contributed by atoms with Crippen molar-refractivity contribution < 1.29 is 4.74 Å². The van der Waals surface area contributed by atoms with Gasteiger partial charge in [0.25, 0.3) is 0 Å². The van der Waals surface area contributed by atoms with Crippen LogP contribution in [0.4, 0.5) is 0 Å². The van der Waals surface area contributed by atoms with Crippen molar-refractivity contribution >= 4 is 0 Å². The van der Waals surface area contributed by atoms with Gasteiger partial charge in [0.05, 0.1) is 6.61 Å². The normalized spacial score (nSPS) is 26.5. The average Bonchev–Trinajstić information content (AvgIpc) is 2.34. The first-order valence-corrected chi connectivity index (χ1v) is 4.32. The van der Waals surface area contributed by atoms with Crippen LogP contribution in [-0.4, -0.2) is 36.7 Å². The molecule has 0 aromatic carbocycles. The van der Waals surface area contributed by atoms with Crippen molar-refractivity contribution in [2.24, 2.45) is 0 Å². The van der Waals surface area contributed by atoms with Crippen molar-refractivity contribution in [2.45, 2.75) is 38.8 Å². The SMILES string of the molecule is CN([C@H]1CCOC1)C(C)(C)C. The lowest BCUT2D eigenvalue weighted by Crippen LogP contribution is -2.45. The molecule has 0 aromatic heterocycles. The van der Waals surface area contributed by atoms with Crippen LogP contribution in [0.15, 0.2) is 0 Å². The van der Waals surface area contributed by atoms with E-state index in [0.717, 1.165) is 13.2 Å². The summed E-state index contributed by atoms with van der Waals surface area (Å²) in [4.78, 5) is 2.40. The fraction of sp³-hybridized carbons (Fsp3) is 1.00. The largest absolute Gasteiger partial charge is 0.380 e. The molecule has 1 atom stereocenters. The average molecular weight is 157 g/mol. The van der Waals surface area contributed by atoms with E-state index in [1.165, 1.54) is 6.42 Å². The van der Waals surface area contributed by atoms with Gasteiger partial charge in [-0.05, 0) is 34.2 Å². The van der Waals surface area contributed by atoms with Crippen LogP contribution >= 0.6 is 0 Å². The Bertz CT molecular complexity index is 122. The molecule has 0 N–H and O–H groups in total. The number of hydrogen-bond acceptors (Lipinski definition) is 2. The summed E-state index contributed by atoms with van der Waals surface area (Å²) in [5.41, 5.74) is 0.276. The summed E-state index contributed by atoms with van der Waals surface area (Å²) in [5, 5.41) is 0. The van der Waals surface area contributed by atoms with Gasteiger partial charge in [-0.2, -0.15) is 0 Å². The number of ether oxygens (including phenoxy) is 1. The van der Waals surface area contributed by atoms with Crippen molar-refractivity contribution in [3.05, 3.63) is 0 Å². The Kier molecular flexibility index (Phi) is 2.55. The molecule has 0 saturated carbocycles. The summed E-state index contributed by atoms with van der Waals surface area (Å²) in [6.07, 6.45) is 1.19. The maximum atomic E-state index is 5.33. The highest BCUT2D eigenvalue weighted by Crippen LogP contribution is 2.19. The molecule has 66 valence electrons. The standard InChI is InChI=1S/C9H19NO/c1-9(2,3)10(4)8-5-6-11-7-8/h8H,5-7H2,1-4H3/t8-/m0/s1. The Morgan fingerprint density at radius 2 is 2.00 bits per heavy atom. The number of rotatable bonds is 1. The van der Waals surface area contributed by atoms with E-state index < -0.39 is 0 Å². The van der Waals surface area contributed by atoms with Gasteiger partial charge in [0, 0.05) is 18.2 Å². The Morgan fingerprint density at radius 3 is 2.36 bits per heavy atom. The monoisotopic (exact) mass is 157 g/mol. The third-order valence-electron chi connectivity index (χ3n) is 2.51. The fourth-order valence-corrected chi connectivity index (χ4v) is 1.38. The topological polar surface area (TPSA) is 12.5 Å². The Balaban J connectivity index is 2.46.